The third kappa shape index (κ3) is 1.42. The number of halogens is 2. The molecule has 2 aromatic rings. The third-order valence-electron chi connectivity index (χ3n) is 3.06. The van der Waals surface area contributed by atoms with Gasteiger partial charge < -0.3 is 4.57 Å². The number of hydrogen-bond acceptors (Lipinski definition) is 0. The Kier molecular flexibility index (Phi) is 2.12. The molecule has 0 aliphatic heterocycles. The van der Waals surface area contributed by atoms with Crippen molar-refractivity contribution in [2.24, 2.45) is 0 Å². The number of fused-ring (bicyclic) bond motifs is 1. The van der Waals surface area contributed by atoms with Crippen molar-refractivity contribution in [1.29, 1.82) is 0 Å². The summed E-state index contributed by atoms with van der Waals surface area (Å²) >= 11 is 9.70. The highest BCUT2D eigenvalue weighted by atomic mass is 79.9. The predicted molar refractivity (Wildman–Crippen MR) is 67.7 cm³/mol. The molecule has 1 fully saturated rings. The quantitative estimate of drug-likeness (QED) is 0.715. The highest BCUT2D eigenvalue weighted by Crippen LogP contribution is 2.43. The summed E-state index contributed by atoms with van der Waals surface area (Å²) in [6, 6.07) is 6.83. The molecule has 3 heteroatoms. The van der Waals surface area contributed by atoms with E-state index in [0.717, 1.165) is 5.02 Å². The van der Waals surface area contributed by atoms with Crippen molar-refractivity contribution in [3.8, 4) is 0 Å². The van der Waals surface area contributed by atoms with Crippen molar-refractivity contribution in [3.05, 3.63) is 33.4 Å². The summed E-state index contributed by atoms with van der Waals surface area (Å²) in [4.78, 5) is 0. The molecule has 0 atom stereocenters. The molecular weight excluding hydrogens is 273 g/mol. The van der Waals surface area contributed by atoms with Crippen LogP contribution < -0.4 is 0 Å². The van der Waals surface area contributed by atoms with Gasteiger partial charge in [0.1, 0.15) is 0 Å². The highest BCUT2D eigenvalue weighted by Gasteiger charge is 2.27. The van der Waals surface area contributed by atoms with Gasteiger partial charge in [0.25, 0.3) is 0 Å². The Bertz CT molecular complexity index is 540. The first-order valence-electron chi connectivity index (χ1n) is 5.14. The van der Waals surface area contributed by atoms with Gasteiger partial charge in [-0.25, -0.2) is 0 Å². The Hall–Kier alpha value is -0.470. The summed E-state index contributed by atoms with van der Waals surface area (Å²) in [5.74, 6) is 0. The van der Waals surface area contributed by atoms with Crippen molar-refractivity contribution in [2.75, 3.05) is 0 Å². The van der Waals surface area contributed by atoms with E-state index in [9.17, 15) is 0 Å². The Balaban J connectivity index is 2.38. The van der Waals surface area contributed by atoms with Crippen molar-refractivity contribution in [2.45, 2.75) is 25.8 Å². The maximum Gasteiger partial charge on any atom is 0.0889 e. The molecule has 1 aliphatic carbocycles. The number of aryl methyl sites for hydroxylation is 1. The lowest BCUT2D eigenvalue weighted by atomic mass is 10.2. The van der Waals surface area contributed by atoms with Crippen LogP contribution in [0.2, 0.25) is 5.02 Å². The lowest BCUT2D eigenvalue weighted by Gasteiger charge is -2.04. The first-order chi connectivity index (χ1) is 7.18. The van der Waals surface area contributed by atoms with Crippen molar-refractivity contribution in [3.63, 3.8) is 0 Å². The summed E-state index contributed by atoms with van der Waals surface area (Å²) in [5, 5.41) is 2.08. The molecule has 0 bridgehead atoms. The summed E-state index contributed by atoms with van der Waals surface area (Å²) in [6.45, 7) is 2.14. The third-order valence-corrected chi connectivity index (χ3v) is 4.27. The molecule has 1 nitrogen and oxygen atoms in total. The van der Waals surface area contributed by atoms with Gasteiger partial charge >= 0.3 is 0 Å². The van der Waals surface area contributed by atoms with Gasteiger partial charge in [-0.2, -0.15) is 0 Å². The summed E-state index contributed by atoms with van der Waals surface area (Å²) in [5.41, 5.74) is 2.59. The molecule has 1 saturated carbocycles. The first kappa shape index (κ1) is 9.73. The van der Waals surface area contributed by atoms with Crippen molar-refractivity contribution >= 4 is 38.4 Å². The topological polar surface area (TPSA) is 4.93 Å². The van der Waals surface area contributed by atoms with Gasteiger partial charge in [-0.15, -0.1) is 0 Å². The van der Waals surface area contributed by atoms with E-state index in [1.165, 1.54) is 33.9 Å². The van der Waals surface area contributed by atoms with Crippen molar-refractivity contribution in [1.82, 2.24) is 4.57 Å². The van der Waals surface area contributed by atoms with E-state index in [2.05, 4.69) is 39.6 Å². The molecule has 1 aliphatic rings. The van der Waals surface area contributed by atoms with E-state index in [0.29, 0.717) is 6.04 Å². The molecule has 1 heterocycles. The average molecular weight is 285 g/mol. The standard InChI is InChI=1S/C12H11BrClN/c1-7-10-6-8(14)2-5-11(10)15(12(7)13)9-3-4-9/h2,5-6,9H,3-4H2,1H3. The Morgan fingerprint density at radius 1 is 1.40 bits per heavy atom. The molecule has 1 aromatic carbocycles. The molecule has 15 heavy (non-hydrogen) atoms. The second-order valence-corrected chi connectivity index (χ2v) is 5.37. The number of rotatable bonds is 1. The van der Waals surface area contributed by atoms with Gasteiger partial charge in [0.2, 0.25) is 0 Å². The van der Waals surface area contributed by atoms with Crippen LogP contribution in [0.15, 0.2) is 22.8 Å². The molecule has 0 amide bonds. The maximum absolute atomic E-state index is 6.02. The van der Waals surface area contributed by atoms with Crippen LogP contribution in [0.25, 0.3) is 10.9 Å². The van der Waals surface area contributed by atoms with Gasteiger partial charge in [0.05, 0.1) is 4.60 Å². The predicted octanol–water partition coefficient (Wildman–Crippen LogP) is 4.70. The van der Waals surface area contributed by atoms with E-state index in [1.54, 1.807) is 0 Å². The molecular formula is C12H11BrClN. The second-order valence-electron chi connectivity index (χ2n) is 4.18. The Labute approximate surface area is 102 Å². The fraction of sp³-hybridized carbons (Fsp3) is 0.333. The minimum atomic E-state index is 0.691. The zero-order chi connectivity index (χ0) is 10.6. The average Bonchev–Trinajstić information content (AvgIpc) is 3.00. The van der Waals surface area contributed by atoms with Crippen LogP contribution >= 0.6 is 27.5 Å². The number of benzene rings is 1. The minimum Gasteiger partial charge on any atom is -0.332 e. The Morgan fingerprint density at radius 3 is 2.80 bits per heavy atom. The van der Waals surface area contributed by atoms with Crippen LogP contribution in [0, 0.1) is 6.92 Å². The zero-order valence-corrected chi connectivity index (χ0v) is 10.8. The normalized spacial score (nSPS) is 16.2. The molecule has 0 saturated heterocycles. The van der Waals surface area contributed by atoms with Crippen LogP contribution in [0.4, 0.5) is 0 Å². The van der Waals surface area contributed by atoms with Crippen LogP contribution in [-0.2, 0) is 0 Å². The van der Waals surface area contributed by atoms with E-state index < -0.39 is 0 Å². The molecule has 0 N–H and O–H groups in total. The summed E-state index contributed by atoms with van der Waals surface area (Å²) < 4.78 is 3.60. The van der Waals surface area contributed by atoms with Crippen LogP contribution in [0.1, 0.15) is 24.4 Å². The SMILES string of the molecule is Cc1c(Br)n(C2CC2)c2ccc(Cl)cc12. The zero-order valence-electron chi connectivity index (χ0n) is 8.43. The number of aromatic nitrogens is 1. The highest BCUT2D eigenvalue weighted by molar-refractivity contribution is 9.10. The lowest BCUT2D eigenvalue weighted by molar-refractivity contribution is 0.755. The van der Waals surface area contributed by atoms with Gasteiger partial charge in [-0.05, 0) is 59.5 Å². The molecule has 3 rings (SSSR count). The smallest absolute Gasteiger partial charge is 0.0889 e. The summed E-state index contributed by atoms with van der Waals surface area (Å²) in [6.07, 6.45) is 2.59. The summed E-state index contributed by atoms with van der Waals surface area (Å²) in [7, 11) is 0. The van der Waals surface area contributed by atoms with Gasteiger partial charge in [-0.3, -0.25) is 0 Å². The molecule has 1 aromatic heterocycles. The second kappa shape index (κ2) is 3.26. The largest absolute Gasteiger partial charge is 0.332 e. The van der Waals surface area contributed by atoms with Gasteiger partial charge in [0, 0.05) is 22.0 Å². The first-order valence-corrected chi connectivity index (χ1v) is 6.31. The van der Waals surface area contributed by atoms with E-state index in [-0.39, 0.29) is 0 Å². The van der Waals surface area contributed by atoms with Crippen LogP contribution in [0.5, 0.6) is 0 Å². The number of nitrogens with zero attached hydrogens (tertiary/aromatic N) is 1. The molecule has 0 spiro atoms. The Morgan fingerprint density at radius 2 is 2.13 bits per heavy atom. The fourth-order valence-electron chi connectivity index (χ4n) is 2.11. The monoisotopic (exact) mass is 283 g/mol. The molecule has 0 radical (unpaired) electrons. The van der Waals surface area contributed by atoms with Gasteiger partial charge in [-0.1, -0.05) is 11.6 Å². The van der Waals surface area contributed by atoms with Crippen LogP contribution in [-0.4, -0.2) is 4.57 Å². The fourth-order valence-corrected chi connectivity index (χ4v) is 2.97. The maximum atomic E-state index is 6.02. The lowest BCUT2D eigenvalue weighted by Crippen LogP contribution is -1.92. The number of hydrogen-bond donors (Lipinski definition) is 0. The molecule has 0 unspecified atom stereocenters. The van der Waals surface area contributed by atoms with E-state index in [1.807, 2.05) is 6.07 Å². The van der Waals surface area contributed by atoms with Crippen molar-refractivity contribution < 1.29 is 0 Å². The van der Waals surface area contributed by atoms with E-state index in [4.69, 9.17) is 11.6 Å². The molecule has 78 valence electrons. The van der Waals surface area contributed by atoms with E-state index >= 15 is 0 Å². The minimum absolute atomic E-state index is 0.691. The van der Waals surface area contributed by atoms with Crippen LogP contribution in [0.3, 0.4) is 0 Å². The van der Waals surface area contributed by atoms with Gasteiger partial charge in [0.15, 0.2) is 0 Å².